The van der Waals surface area contributed by atoms with Crippen molar-refractivity contribution in [2.75, 3.05) is 18.0 Å². The lowest BCUT2D eigenvalue weighted by Gasteiger charge is -2.21. The first-order valence-corrected chi connectivity index (χ1v) is 6.84. The fourth-order valence-electron chi connectivity index (χ4n) is 2.66. The normalized spacial score (nSPS) is 22.3. The van der Waals surface area contributed by atoms with Gasteiger partial charge in [-0.3, -0.25) is 0 Å². The average molecular weight is 266 g/mol. The Morgan fingerprint density at radius 2 is 2.00 bits per heavy atom. The molecule has 0 unspecified atom stereocenters. The number of para-hydroxylation sites is 1. The zero-order valence-electron chi connectivity index (χ0n) is 8.88. The third-order valence-electron chi connectivity index (χ3n) is 3.87. The van der Waals surface area contributed by atoms with Gasteiger partial charge < -0.3 is 4.90 Å². The molecule has 0 N–H and O–H groups in total. The smallest absolute Gasteiger partial charge is 0.0407 e. The molecule has 0 radical (unpaired) electrons. The van der Waals surface area contributed by atoms with E-state index in [1.165, 1.54) is 43.6 Å². The molecule has 0 bridgehead atoms. The van der Waals surface area contributed by atoms with Gasteiger partial charge in [-0.1, -0.05) is 34.1 Å². The van der Waals surface area contributed by atoms with E-state index < -0.39 is 0 Å². The summed E-state index contributed by atoms with van der Waals surface area (Å²) in [6, 6.07) is 8.77. The Bertz CT molecular complexity index is 371. The van der Waals surface area contributed by atoms with E-state index >= 15 is 0 Å². The molecule has 0 amide bonds. The highest BCUT2D eigenvalue weighted by molar-refractivity contribution is 9.08. The molecule has 15 heavy (non-hydrogen) atoms. The number of halogens is 1. The van der Waals surface area contributed by atoms with Crippen molar-refractivity contribution >= 4 is 21.6 Å². The second kappa shape index (κ2) is 3.51. The predicted molar refractivity (Wildman–Crippen MR) is 67.6 cm³/mol. The first-order valence-electron chi connectivity index (χ1n) is 5.72. The Hall–Kier alpha value is -0.500. The van der Waals surface area contributed by atoms with Gasteiger partial charge in [0.2, 0.25) is 0 Å². The number of alkyl halides is 1. The Morgan fingerprint density at radius 1 is 1.20 bits per heavy atom. The van der Waals surface area contributed by atoms with Crippen LogP contribution in [0.4, 0.5) is 5.69 Å². The van der Waals surface area contributed by atoms with Crippen molar-refractivity contribution < 1.29 is 0 Å². The summed E-state index contributed by atoms with van der Waals surface area (Å²) in [5.74, 6) is 0. The van der Waals surface area contributed by atoms with Crippen LogP contribution in [0.1, 0.15) is 24.8 Å². The average Bonchev–Trinajstić information content (AvgIpc) is 2.89. The molecule has 1 saturated carbocycles. The lowest BCUT2D eigenvalue weighted by Crippen LogP contribution is -2.21. The van der Waals surface area contributed by atoms with Gasteiger partial charge in [0.05, 0.1) is 0 Å². The van der Waals surface area contributed by atoms with Crippen LogP contribution >= 0.6 is 15.9 Å². The van der Waals surface area contributed by atoms with Crippen LogP contribution in [0.3, 0.4) is 0 Å². The van der Waals surface area contributed by atoms with Gasteiger partial charge in [-0.25, -0.2) is 0 Å². The van der Waals surface area contributed by atoms with E-state index in [2.05, 4.69) is 45.1 Å². The standard InChI is InChI=1S/C13H16BrN/c14-9-11-3-1-2-4-12(11)15-8-7-13(10-15)5-6-13/h1-4H,5-10H2. The van der Waals surface area contributed by atoms with Crippen LogP contribution in [0.15, 0.2) is 24.3 Å². The molecule has 2 heteroatoms. The van der Waals surface area contributed by atoms with Gasteiger partial charge in [0.25, 0.3) is 0 Å². The van der Waals surface area contributed by atoms with Crippen molar-refractivity contribution in [3.05, 3.63) is 29.8 Å². The maximum atomic E-state index is 3.57. The summed E-state index contributed by atoms with van der Waals surface area (Å²) >= 11 is 3.57. The molecule has 1 aromatic rings. The number of hydrogen-bond donors (Lipinski definition) is 0. The van der Waals surface area contributed by atoms with Crippen LogP contribution in [0.2, 0.25) is 0 Å². The molecule has 1 aromatic carbocycles. The number of hydrogen-bond acceptors (Lipinski definition) is 1. The Balaban J connectivity index is 1.86. The van der Waals surface area contributed by atoms with Gasteiger partial charge in [0.15, 0.2) is 0 Å². The highest BCUT2D eigenvalue weighted by Crippen LogP contribution is 2.53. The molecule has 2 aliphatic rings. The third kappa shape index (κ3) is 1.69. The largest absolute Gasteiger partial charge is 0.371 e. The zero-order chi connectivity index (χ0) is 10.3. The summed E-state index contributed by atoms with van der Waals surface area (Å²) in [7, 11) is 0. The van der Waals surface area contributed by atoms with Gasteiger partial charge >= 0.3 is 0 Å². The Kier molecular flexibility index (Phi) is 2.27. The van der Waals surface area contributed by atoms with E-state index in [0.717, 1.165) is 10.7 Å². The maximum absolute atomic E-state index is 3.57. The fraction of sp³-hybridized carbons (Fsp3) is 0.538. The zero-order valence-corrected chi connectivity index (χ0v) is 10.5. The predicted octanol–water partition coefficient (Wildman–Crippen LogP) is 3.57. The first kappa shape index (κ1) is 9.71. The van der Waals surface area contributed by atoms with Crippen molar-refractivity contribution in [2.45, 2.75) is 24.6 Å². The van der Waals surface area contributed by atoms with Gasteiger partial charge in [0.1, 0.15) is 0 Å². The number of nitrogens with zero attached hydrogens (tertiary/aromatic N) is 1. The maximum Gasteiger partial charge on any atom is 0.0407 e. The van der Waals surface area contributed by atoms with Crippen LogP contribution in [0, 0.1) is 5.41 Å². The van der Waals surface area contributed by atoms with Crippen LogP contribution in [0.5, 0.6) is 0 Å². The molecule has 0 atom stereocenters. The second-order valence-electron chi connectivity index (χ2n) is 4.93. The molecule has 1 saturated heterocycles. The van der Waals surface area contributed by atoms with Gasteiger partial charge in [-0.15, -0.1) is 0 Å². The molecule has 2 fully saturated rings. The minimum absolute atomic E-state index is 0.722. The number of benzene rings is 1. The molecule has 1 aliphatic heterocycles. The van der Waals surface area contributed by atoms with Crippen LogP contribution in [-0.2, 0) is 5.33 Å². The third-order valence-corrected chi connectivity index (χ3v) is 4.48. The van der Waals surface area contributed by atoms with E-state index in [-0.39, 0.29) is 0 Å². The summed E-state index contributed by atoms with van der Waals surface area (Å²) in [6.07, 6.45) is 4.32. The molecule has 1 aliphatic carbocycles. The van der Waals surface area contributed by atoms with Crippen LogP contribution in [-0.4, -0.2) is 13.1 Å². The first-order chi connectivity index (χ1) is 7.33. The van der Waals surface area contributed by atoms with Crippen molar-refractivity contribution in [1.29, 1.82) is 0 Å². The van der Waals surface area contributed by atoms with E-state index in [9.17, 15) is 0 Å². The lowest BCUT2D eigenvalue weighted by atomic mass is 10.1. The summed E-state index contributed by atoms with van der Waals surface area (Å²) in [4.78, 5) is 2.57. The molecule has 1 spiro atoms. The quantitative estimate of drug-likeness (QED) is 0.740. The topological polar surface area (TPSA) is 3.24 Å². The summed E-state index contributed by atoms with van der Waals surface area (Å²) < 4.78 is 0. The summed E-state index contributed by atoms with van der Waals surface area (Å²) in [5, 5.41) is 0.965. The number of rotatable bonds is 2. The summed E-state index contributed by atoms with van der Waals surface area (Å²) in [6.45, 7) is 2.54. The van der Waals surface area contributed by atoms with Crippen LogP contribution < -0.4 is 4.90 Å². The van der Waals surface area contributed by atoms with Gasteiger partial charge in [0, 0.05) is 24.1 Å². The van der Waals surface area contributed by atoms with Crippen molar-refractivity contribution in [2.24, 2.45) is 5.41 Å². The van der Waals surface area contributed by atoms with E-state index in [1.54, 1.807) is 0 Å². The molecular weight excluding hydrogens is 250 g/mol. The van der Waals surface area contributed by atoms with Gasteiger partial charge in [-0.05, 0) is 36.3 Å². The van der Waals surface area contributed by atoms with Crippen molar-refractivity contribution in [3.8, 4) is 0 Å². The molecular formula is C13H16BrN. The van der Waals surface area contributed by atoms with Crippen molar-refractivity contribution in [3.63, 3.8) is 0 Å². The molecule has 0 aromatic heterocycles. The fourth-order valence-corrected chi connectivity index (χ4v) is 3.13. The highest BCUT2D eigenvalue weighted by Gasteiger charge is 2.47. The minimum Gasteiger partial charge on any atom is -0.371 e. The molecule has 80 valence electrons. The SMILES string of the molecule is BrCc1ccccc1N1CCC2(CC2)C1. The van der Waals surface area contributed by atoms with Gasteiger partial charge in [-0.2, -0.15) is 0 Å². The van der Waals surface area contributed by atoms with E-state index in [1.807, 2.05) is 0 Å². The Morgan fingerprint density at radius 3 is 2.67 bits per heavy atom. The molecule has 3 rings (SSSR count). The minimum atomic E-state index is 0.722. The van der Waals surface area contributed by atoms with E-state index in [4.69, 9.17) is 0 Å². The molecule has 1 nitrogen and oxygen atoms in total. The van der Waals surface area contributed by atoms with E-state index in [0.29, 0.717) is 0 Å². The number of anilines is 1. The molecule has 1 heterocycles. The second-order valence-corrected chi connectivity index (χ2v) is 5.49. The van der Waals surface area contributed by atoms with Crippen molar-refractivity contribution in [1.82, 2.24) is 0 Å². The Labute approximate surface area is 99.6 Å². The highest BCUT2D eigenvalue weighted by atomic mass is 79.9. The monoisotopic (exact) mass is 265 g/mol. The summed E-state index contributed by atoms with van der Waals surface area (Å²) in [5.41, 5.74) is 3.59. The van der Waals surface area contributed by atoms with Crippen LogP contribution in [0.25, 0.3) is 0 Å². The lowest BCUT2D eigenvalue weighted by molar-refractivity contribution is 0.581.